The molecule has 1 N–H and O–H groups in total. The van der Waals surface area contributed by atoms with Gasteiger partial charge in [0.25, 0.3) is 0 Å². The van der Waals surface area contributed by atoms with Crippen LogP contribution in [-0.2, 0) is 0 Å². The number of carbonyl (C=O) groups is 2. The van der Waals surface area contributed by atoms with Crippen LogP contribution < -0.4 is 10.1 Å². The molecule has 0 saturated heterocycles. The number of carbonyl (C=O) groups excluding carboxylic acids is 2. The maximum Gasteiger partial charge on any atom is 0.210 e. The van der Waals surface area contributed by atoms with Crippen molar-refractivity contribution in [1.29, 1.82) is 0 Å². The summed E-state index contributed by atoms with van der Waals surface area (Å²) in [6.07, 6.45) is 0. The summed E-state index contributed by atoms with van der Waals surface area (Å²) in [5.41, 5.74) is 3.25. The second-order valence-electron chi connectivity index (χ2n) is 8.82. The molecule has 3 aromatic rings. The molecule has 0 amide bonds. The lowest BCUT2D eigenvalue weighted by molar-refractivity contribution is 0.0958. The molecule has 33 heavy (non-hydrogen) atoms. The molecule has 0 fully saturated rings. The van der Waals surface area contributed by atoms with E-state index >= 15 is 0 Å². The van der Waals surface area contributed by atoms with Crippen molar-refractivity contribution >= 4 is 17.3 Å². The van der Waals surface area contributed by atoms with Gasteiger partial charge in [0.1, 0.15) is 5.75 Å². The first-order valence-corrected chi connectivity index (χ1v) is 10.8. The molecule has 0 aromatic heterocycles. The number of methoxy groups -OCH3 is 1. The molecular weight excluding hydrogens is 410 g/mol. The lowest BCUT2D eigenvalue weighted by Gasteiger charge is -2.30. The van der Waals surface area contributed by atoms with E-state index in [-0.39, 0.29) is 11.6 Å². The molecule has 1 aliphatic carbocycles. The zero-order valence-electron chi connectivity index (χ0n) is 19.2. The first-order valence-electron chi connectivity index (χ1n) is 10.8. The van der Waals surface area contributed by atoms with Crippen LogP contribution in [0.15, 0.2) is 84.1 Å². The Balaban J connectivity index is 1.80. The molecule has 4 heteroatoms. The normalized spacial score (nSPS) is 13.2. The molecule has 3 aromatic carbocycles. The minimum absolute atomic E-state index is 0.127. The largest absolute Gasteiger partial charge is 0.495 e. The Kier molecular flexibility index (Phi) is 5.89. The van der Waals surface area contributed by atoms with Crippen LogP contribution in [0, 0.1) is 17.3 Å². The summed E-state index contributed by atoms with van der Waals surface area (Å²) in [7, 11) is 1.61. The van der Waals surface area contributed by atoms with Crippen molar-refractivity contribution in [3.63, 3.8) is 0 Å². The Hall–Kier alpha value is -4.10. The van der Waals surface area contributed by atoms with E-state index in [9.17, 15) is 9.59 Å². The molecule has 0 saturated carbocycles. The number of benzene rings is 3. The van der Waals surface area contributed by atoms with E-state index in [1.165, 1.54) is 0 Å². The summed E-state index contributed by atoms with van der Waals surface area (Å²) in [5, 5.41) is 3.27. The number of hydrogen-bond donors (Lipinski definition) is 1. The second-order valence-corrected chi connectivity index (χ2v) is 8.82. The van der Waals surface area contributed by atoms with Gasteiger partial charge in [-0.15, -0.1) is 0 Å². The van der Waals surface area contributed by atoms with Crippen LogP contribution in [0.1, 0.15) is 52.6 Å². The monoisotopic (exact) mass is 435 g/mol. The van der Waals surface area contributed by atoms with Crippen LogP contribution in [0.4, 0.5) is 5.69 Å². The fourth-order valence-electron chi connectivity index (χ4n) is 3.93. The maximum atomic E-state index is 13.5. The average Bonchev–Trinajstić information content (AvgIpc) is 2.81. The highest BCUT2D eigenvalue weighted by molar-refractivity contribution is 6.28. The van der Waals surface area contributed by atoms with Gasteiger partial charge in [-0.1, -0.05) is 81.1 Å². The van der Waals surface area contributed by atoms with Gasteiger partial charge in [-0.3, -0.25) is 9.59 Å². The first-order chi connectivity index (χ1) is 15.8. The topological polar surface area (TPSA) is 55.4 Å². The van der Waals surface area contributed by atoms with E-state index in [0.29, 0.717) is 39.4 Å². The number of Topliss-reactive ketones (excluding diaryl/α,β-unsaturated/α-hetero) is 2. The van der Waals surface area contributed by atoms with Crippen molar-refractivity contribution in [2.75, 3.05) is 12.4 Å². The van der Waals surface area contributed by atoms with Crippen molar-refractivity contribution in [2.45, 2.75) is 20.8 Å². The lowest BCUT2D eigenvalue weighted by Crippen LogP contribution is -2.32. The van der Waals surface area contributed by atoms with Gasteiger partial charge >= 0.3 is 0 Å². The highest BCUT2D eigenvalue weighted by Crippen LogP contribution is 2.37. The Labute approximate surface area is 194 Å². The smallest absolute Gasteiger partial charge is 0.210 e. The molecule has 1 aliphatic rings. The van der Waals surface area contributed by atoms with E-state index in [4.69, 9.17) is 4.74 Å². The molecular formula is C29H25NO3. The number of nitrogens with one attached hydrogen (secondary N) is 1. The molecule has 0 atom stereocenters. The molecule has 4 nitrogen and oxygen atoms in total. The van der Waals surface area contributed by atoms with Gasteiger partial charge in [-0.25, -0.2) is 0 Å². The Morgan fingerprint density at radius 2 is 1.27 bits per heavy atom. The van der Waals surface area contributed by atoms with Crippen LogP contribution in [0.3, 0.4) is 0 Å². The highest BCUT2D eigenvalue weighted by atomic mass is 16.5. The summed E-state index contributed by atoms with van der Waals surface area (Å²) >= 11 is 0. The SMILES string of the molecule is COc1ccccc1C#Cc1ccccc1NC1=C(C(C)(C)C)C(=O)c2ccccc2C1=O. The molecule has 0 bridgehead atoms. The van der Waals surface area contributed by atoms with Crippen molar-refractivity contribution in [3.8, 4) is 17.6 Å². The maximum absolute atomic E-state index is 13.5. The molecule has 0 aliphatic heterocycles. The van der Waals surface area contributed by atoms with Crippen LogP contribution >= 0.6 is 0 Å². The number of para-hydroxylation sites is 2. The van der Waals surface area contributed by atoms with Gasteiger partial charge in [0.2, 0.25) is 5.78 Å². The summed E-state index contributed by atoms with van der Waals surface area (Å²) < 4.78 is 5.39. The zero-order chi connectivity index (χ0) is 23.6. The predicted molar refractivity (Wildman–Crippen MR) is 131 cm³/mol. The summed E-state index contributed by atoms with van der Waals surface area (Å²) in [6.45, 7) is 5.82. The van der Waals surface area contributed by atoms with Crippen molar-refractivity contribution < 1.29 is 14.3 Å². The third-order valence-electron chi connectivity index (χ3n) is 5.50. The van der Waals surface area contributed by atoms with Crippen LogP contribution in [0.5, 0.6) is 5.75 Å². The van der Waals surface area contributed by atoms with E-state index in [0.717, 1.165) is 5.56 Å². The molecule has 0 unspecified atom stereocenters. The van der Waals surface area contributed by atoms with Crippen LogP contribution in [0.25, 0.3) is 0 Å². The number of rotatable bonds is 3. The molecule has 0 radical (unpaired) electrons. The minimum atomic E-state index is -0.527. The summed E-state index contributed by atoms with van der Waals surface area (Å²) in [5.74, 6) is 6.71. The van der Waals surface area contributed by atoms with Crippen molar-refractivity contribution in [1.82, 2.24) is 0 Å². The number of allylic oxidation sites excluding steroid dienone is 2. The number of ketones is 2. The Bertz CT molecular complexity index is 1350. The number of hydrogen-bond acceptors (Lipinski definition) is 4. The average molecular weight is 436 g/mol. The van der Waals surface area contributed by atoms with Gasteiger partial charge in [0.15, 0.2) is 5.78 Å². The van der Waals surface area contributed by atoms with Crippen molar-refractivity contribution in [3.05, 3.63) is 106 Å². The first kappa shape index (κ1) is 22.1. The van der Waals surface area contributed by atoms with E-state index < -0.39 is 5.41 Å². The molecule has 0 heterocycles. The minimum Gasteiger partial charge on any atom is -0.495 e. The standard InChI is InChI=1S/C29H25NO3/c1-29(2,3)25-26(28(32)22-14-8-7-13-21(22)27(25)31)30-23-15-9-5-11-19(23)17-18-20-12-6-10-16-24(20)33-4/h5-16,30H,1-4H3. The third-order valence-corrected chi connectivity index (χ3v) is 5.50. The van der Waals surface area contributed by atoms with Gasteiger partial charge < -0.3 is 10.1 Å². The van der Waals surface area contributed by atoms with Gasteiger partial charge in [-0.2, -0.15) is 0 Å². The van der Waals surface area contributed by atoms with Gasteiger partial charge in [-0.05, 0) is 29.7 Å². The molecule has 4 rings (SSSR count). The van der Waals surface area contributed by atoms with Crippen LogP contribution in [-0.4, -0.2) is 18.7 Å². The fraction of sp³-hybridized carbons (Fsp3) is 0.172. The number of ether oxygens (including phenoxy) is 1. The summed E-state index contributed by atoms with van der Waals surface area (Å²) in [4.78, 5) is 26.9. The van der Waals surface area contributed by atoms with E-state index in [2.05, 4.69) is 17.2 Å². The highest BCUT2D eigenvalue weighted by Gasteiger charge is 2.37. The van der Waals surface area contributed by atoms with E-state index in [1.54, 1.807) is 31.4 Å². The van der Waals surface area contributed by atoms with Gasteiger partial charge in [0.05, 0.1) is 24.1 Å². The number of anilines is 1. The van der Waals surface area contributed by atoms with Gasteiger partial charge in [0, 0.05) is 22.3 Å². The van der Waals surface area contributed by atoms with Crippen LogP contribution in [0.2, 0.25) is 0 Å². The molecule has 164 valence electrons. The second kappa shape index (κ2) is 8.80. The third kappa shape index (κ3) is 4.31. The fourth-order valence-corrected chi connectivity index (χ4v) is 3.93. The van der Waals surface area contributed by atoms with E-state index in [1.807, 2.05) is 69.3 Å². The Morgan fingerprint density at radius 3 is 1.94 bits per heavy atom. The quantitative estimate of drug-likeness (QED) is 0.522. The summed E-state index contributed by atoms with van der Waals surface area (Å²) in [6, 6.07) is 22.0. The zero-order valence-corrected chi connectivity index (χ0v) is 19.2. The lowest BCUT2D eigenvalue weighted by atomic mass is 9.75. The predicted octanol–water partition coefficient (Wildman–Crippen LogP) is 5.89. The Morgan fingerprint density at radius 1 is 0.727 bits per heavy atom. The molecule has 0 spiro atoms. The number of fused-ring (bicyclic) bond motifs is 1. The van der Waals surface area contributed by atoms with Crippen molar-refractivity contribution in [2.24, 2.45) is 5.41 Å².